The lowest BCUT2D eigenvalue weighted by atomic mass is 10.1. The molecule has 2 aromatic heterocycles. The van der Waals surface area contributed by atoms with E-state index in [1.165, 1.54) is 0 Å². The molecule has 17 heavy (non-hydrogen) atoms. The highest BCUT2D eigenvalue weighted by Crippen LogP contribution is 2.26. The number of aromatic nitrogens is 2. The van der Waals surface area contributed by atoms with Crippen molar-refractivity contribution in [1.29, 1.82) is 0 Å². The Morgan fingerprint density at radius 2 is 2.12 bits per heavy atom. The SMILES string of the molecule is CNc1nc(Cc2cccnc2)c(Cl)cc1Cl. The minimum Gasteiger partial charge on any atom is -0.372 e. The average Bonchev–Trinajstić information content (AvgIpc) is 2.34. The molecule has 88 valence electrons. The zero-order valence-electron chi connectivity index (χ0n) is 9.24. The second-order valence-electron chi connectivity index (χ2n) is 3.54. The van der Waals surface area contributed by atoms with Gasteiger partial charge in [0, 0.05) is 25.9 Å². The smallest absolute Gasteiger partial charge is 0.144 e. The number of anilines is 1. The van der Waals surface area contributed by atoms with E-state index in [1.807, 2.05) is 12.1 Å². The van der Waals surface area contributed by atoms with Crippen LogP contribution >= 0.6 is 23.2 Å². The van der Waals surface area contributed by atoms with Gasteiger partial charge in [0.15, 0.2) is 0 Å². The largest absolute Gasteiger partial charge is 0.372 e. The minimum absolute atomic E-state index is 0.521. The van der Waals surface area contributed by atoms with Crippen LogP contribution in [-0.4, -0.2) is 17.0 Å². The molecule has 0 aliphatic rings. The lowest BCUT2D eigenvalue weighted by Crippen LogP contribution is -2.00. The second kappa shape index (κ2) is 5.34. The van der Waals surface area contributed by atoms with E-state index >= 15 is 0 Å². The maximum Gasteiger partial charge on any atom is 0.144 e. The minimum atomic E-state index is 0.521. The Labute approximate surface area is 110 Å². The first-order valence-electron chi connectivity index (χ1n) is 5.12. The summed E-state index contributed by atoms with van der Waals surface area (Å²) in [7, 11) is 1.77. The molecule has 0 saturated heterocycles. The van der Waals surface area contributed by atoms with Crippen LogP contribution in [0, 0.1) is 0 Å². The van der Waals surface area contributed by atoms with Crippen LogP contribution in [0.4, 0.5) is 5.82 Å². The van der Waals surface area contributed by atoms with Crippen LogP contribution in [0.1, 0.15) is 11.3 Å². The van der Waals surface area contributed by atoms with Crippen LogP contribution in [0.2, 0.25) is 10.0 Å². The maximum atomic E-state index is 6.11. The molecule has 2 rings (SSSR count). The Hall–Kier alpha value is -1.32. The van der Waals surface area contributed by atoms with Crippen molar-refractivity contribution in [2.24, 2.45) is 0 Å². The lowest BCUT2D eigenvalue weighted by molar-refractivity contribution is 1.06. The number of nitrogens with one attached hydrogen (secondary N) is 1. The summed E-state index contributed by atoms with van der Waals surface area (Å²) in [6.45, 7) is 0. The molecule has 0 aliphatic heterocycles. The van der Waals surface area contributed by atoms with Crippen LogP contribution < -0.4 is 5.32 Å². The number of hydrogen-bond acceptors (Lipinski definition) is 3. The highest BCUT2D eigenvalue weighted by molar-refractivity contribution is 6.36. The zero-order chi connectivity index (χ0) is 12.3. The summed E-state index contributed by atoms with van der Waals surface area (Å²) in [5.41, 5.74) is 1.85. The van der Waals surface area contributed by atoms with Crippen LogP contribution in [0.3, 0.4) is 0 Å². The van der Waals surface area contributed by atoms with Crippen LogP contribution in [0.25, 0.3) is 0 Å². The quantitative estimate of drug-likeness (QED) is 0.926. The Kier molecular flexibility index (Phi) is 3.82. The van der Waals surface area contributed by atoms with E-state index in [0.29, 0.717) is 22.3 Å². The van der Waals surface area contributed by atoms with Gasteiger partial charge in [0.05, 0.1) is 15.7 Å². The normalized spacial score (nSPS) is 10.3. The first-order chi connectivity index (χ1) is 8.20. The van der Waals surface area contributed by atoms with Gasteiger partial charge in [-0.3, -0.25) is 4.98 Å². The van der Waals surface area contributed by atoms with Gasteiger partial charge in [-0.25, -0.2) is 4.98 Å². The van der Waals surface area contributed by atoms with Gasteiger partial charge in [-0.2, -0.15) is 0 Å². The molecule has 2 heterocycles. The Balaban J connectivity index is 2.33. The third kappa shape index (κ3) is 2.87. The molecule has 0 aliphatic carbocycles. The van der Waals surface area contributed by atoms with Gasteiger partial charge in [-0.05, 0) is 17.7 Å². The molecule has 0 unspecified atom stereocenters. The monoisotopic (exact) mass is 267 g/mol. The Morgan fingerprint density at radius 1 is 1.29 bits per heavy atom. The fraction of sp³-hybridized carbons (Fsp3) is 0.167. The number of nitrogens with zero attached hydrogens (tertiary/aromatic N) is 2. The van der Waals surface area contributed by atoms with E-state index in [0.717, 1.165) is 11.3 Å². The molecule has 0 bridgehead atoms. The van der Waals surface area contributed by atoms with Crippen molar-refractivity contribution in [3.05, 3.63) is 51.9 Å². The second-order valence-corrected chi connectivity index (χ2v) is 4.35. The summed E-state index contributed by atoms with van der Waals surface area (Å²) in [4.78, 5) is 8.44. The number of pyridine rings is 2. The summed E-state index contributed by atoms with van der Waals surface area (Å²) < 4.78 is 0. The first-order valence-corrected chi connectivity index (χ1v) is 5.88. The highest BCUT2D eigenvalue weighted by Gasteiger charge is 2.09. The van der Waals surface area contributed by atoms with E-state index in [-0.39, 0.29) is 0 Å². The molecule has 0 amide bonds. The van der Waals surface area contributed by atoms with Gasteiger partial charge < -0.3 is 5.32 Å². The Bertz CT molecular complexity index is 515. The molecular weight excluding hydrogens is 257 g/mol. The molecule has 0 fully saturated rings. The van der Waals surface area contributed by atoms with Crippen molar-refractivity contribution in [2.75, 3.05) is 12.4 Å². The molecule has 0 radical (unpaired) electrons. The molecule has 0 saturated carbocycles. The van der Waals surface area contributed by atoms with Gasteiger partial charge in [0.25, 0.3) is 0 Å². The predicted molar refractivity (Wildman–Crippen MR) is 70.8 cm³/mol. The van der Waals surface area contributed by atoms with Crippen molar-refractivity contribution >= 4 is 29.0 Å². The van der Waals surface area contributed by atoms with Crippen molar-refractivity contribution in [1.82, 2.24) is 9.97 Å². The molecule has 0 atom stereocenters. The molecule has 0 aromatic carbocycles. The van der Waals surface area contributed by atoms with Crippen LogP contribution in [-0.2, 0) is 6.42 Å². The Morgan fingerprint density at radius 3 is 2.76 bits per heavy atom. The predicted octanol–water partition coefficient (Wildman–Crippen LogP) is 3.42. The van der Waals surface area contributed by atoms with Crippen molar-refractivity contribution in [2.45, 2.75) is 6.42 Å². The number of halogens is 2. The van der Waals surface area contributed by atoms with Crippen molar-refractivity contribution in [3.8, 4) is 0 Å². The van der Waals surface area contributed by atoms with E-state index in [9.17, 15) is 0 Å². The highest BCUT2D eigenvalue weighted by atomic mass is 35.5. The molecule has 1 N–H and O–H groups in total. The van der Waals surface area contributed by atoms with Gasteiger partial charge in [-0.15, -0.1) is 0 Å². The van der Waals surface area contributed by atoms with E-state index in [4.69, 9.17) is 23.2 Å². The number of rotatable bonds is 3. The lowest BCUT2D eigenvalue weighted by Gasteiger charge is -2.08. The van der Waals surface area contributed by atoms with Gasteiger partial charge >= 0.3 is 0 Å². The van der Waals surface area contributed by atoms with Crippen molar-refractivity contribution in [3.63, 3.8) is 0 Å². The van der Waals surface area contributed by atoms with Gasteiger partial charge in [0.1, 0.15) is 5.82 Å². The van der Waals surface area contributed by atoms with Crippen molar-refractivity contribution < 1.29 is 0 Å². The summed E-state index contributed by atoms with van der Waals surface area (Å²) in [5.74, 6) is 0.634. The standard InChI is InChI=1S/C12H11Cl2N3/c1-15-12-10(14)6-9(13)11(17-12)5-8-3-2-4-16-7-8/h2-4,6-7H,5H2,1H3,(H,15,17). The maximum absolute atomic E-state index is 6.11. The fourth-order valence-electron chi connectivity index (χ4n) is 1.50. The first kappa shape index (κ1) is 12.1. The molecule has 0 spiro atoms. The molecular formula is C12H11Cl2N3. The van der Waals surface area contributed by atoms with E-state index in [1.54, 1.807) is 25.5 Å². The summed E-state index contributed by atoms with van der Waals surface area (Å²) in [5, 5.41) is 4.02. The summed E-state index contributed by atoms with van der Waals surface area (Å²) in [6, 6.07) is 5.57. The molecule has 5 heteroatoms. The van der Waals surface area contributed by atoms with E-state index < -0.39 is 0 Å². The zero-order valence-corrected chi connectivity index (χ0v) is 10.8. The van der Waals surface area contributed by atoms with E-state index in [2.05, 4.69) is 15.3 Å². The van der Waals surface area contributed by atoms with Crippen LogP contribution in [0.15, 0.2) is 30.6 Å². The molecule has 3 nitrogen and oxygen atoms in total. The molecule has 2 aromatic rings. The van der Waals surface area contributed by atoms with Gasteiger partial charge in [0.2, 0.25) is 0 Å². The topological polar surface area (TPSA) is 37.8 Å². The summed E-state index contributed by atoms with van der Waals surface area (Å²) >= 11 is 12.1. The average molecular weight is 268 g/mol. The third-order valence-electron chi connectivity index (χ3n) is 2.33. The summed E-state index contributed by atoms with van der Waals surface area (Å²) in [6.07, 6.45) is 4.17. The third-order valence-corrected chi connectivity index (χ3v) is 2.95. The van der Waals surface area contributed by atoms with Gasteiger partial charge in [-0.1, -0.05) is 29.3 Å². The number of hydrogen-bond donors (Lipinski definition) is 1. The fourth-order valence-corrected chi connectivity index (χ4v) is 2.02. The van der Waals surface area contributed by atoms with Crippen LogP contribution in [0.5, 0.6) is 0 Å².